The minimum absolute atomic E-state index is 0.167. The highest BCUT2D eigenvalue weighted by molar-refractivity contribution is 7.90. The van der Waals surface area contributed by atoms with Crippen LogP contribution in [0.5, 0.6) is 5.75 Å². The number of carbonyl (C=O) groups is 1. The van der Waals surface area contributed by atoms with Crippen molar-refractivity contribution in [3.05, 3.63) is 24.3 Å². The molecule has 0 heterocycles. The maximum Gasteiger partial charge on any atom is 0.175 e. The molecule has 1 aromatic carbocycles. The molecule has 104 valence electrons. The average molecular weight is 282 g/mol. The Bertz CT molecular complexity index is 606. The van der Waals surface area contributed by atoms with Crippen molar-refractivity contribution in [3.8, 4) is 5.75 Å². The number of rotatable bonds is 4. The molecule has 0 aliphatic heterocycles. The number of Topliss-reactive ketones (excluding diaryl/α,β-unsaturated/α-hetero) is 1. The summed E-state index contributed by atoms with van der Waals surface area (Å²) in [5, 5.41) is 0. The third-order valence-corrected chi connectivity index (χ3v) is 5.08. The Morgan fingerprint density at radius 1 is 1.42 bits per heavy atom. The van der Waals surface area contributed by atoms with Gasteiger partial charge in [-0.05, 0) is 31.5 Å². The summed E-state index contributed by atoms with van der Waals surface area (Å²) in [7, 11) is -3.24. The second kappa shape index (κ2) is 4.63. The molecule has 0 saturated heterocycles. The smallest absolute Gasteiger partial charge is 0.175 e. The maximum atomic E-state index is 11.6. The Hall–Kier alpha value is -1.36. The zero-order valence-corrected chi connectivity index (χ0v) is 12.2. The molecule has 0 bridgehead atoms. The van der Waals surface area contributed by atoms with Gasteiger partial charge in [-0.3, -0.25) is 4.79 Å². The van der Waals surface area contributed by atoms with E-state index in [4.69, 9.17) is 4.74 Å². The van der Waals surface area contributed by atoms with Crippen LogP contribution < -0.4 is 4.74 Å². The first-order valence-electron chi connectivity index (χ1n) is 6.27. The molecule has 2 rings (SSSR count). The normalized spacial score (nSPS) is 26.9. The van der Waals surface area contributed by atoms with E-state index >= 15 is 0 Å². The van der Waals surface area contributed by atoms with Crippen LogP contribution in [0.25, 0.3) is 0 Å². The van der Waals surface area contributed by atoms with Crippen LogP contribution in [-0.2, 0) is 14.6 Å². The van der Waals surface area contributed by atoms with Gasteiger partial charge in [0.1, 0.15) is 17.6 Å². The number of benzene rings is 1. The Morgan fingerprint density at radius 2 is 2.11 bits per heavy atom. The van der Waals surface area contributed by atoms with Gasteiger partial charge in [-0.2, -0.15) is 0 Å². The lowest BCUT2D eigenvalue weighted by Gasteiger charge is -2.44. The van der Waals surface area contributed by atoms with Crippen LogP contribution in [0.3, 0.4) is 0 Å². The second-order valence-electron chi connectivity index (χ2n) is 5.25. The molecule has 0 spiro atoms. The molecule has 1 aliphatic carbocycles. The predicted octanol–water partition coefficient (Wildman–Crippen LogP) is 2.23. The van der Waals surface area contributed by atoms with Crippen molar-refractivity contribution in [2.45, 2.75) is 37.7 Å². The van der Waals surface area contributed by atoms with E-state index in [2.05, 4.69) is 0 Å². The highest BCUT2D eigenvalue weighted by Gasteiger charge is 2.51. The number of ether oxygens (including phenoxy) is 1. The molecule has 19 heavy (non-hydrogen) atoms. The molecule has 0 N–H and O–H groups in total. The summed E-state index contributed by atoms with van der Waals surface area (Å²) < 4.78 is 28.7. The second-order valence-corrected chi connectivity index (χ2v) is 7.27. The number of hydrogen-bond donors (Lipinski definition) is 0. The summed E-state index contributed by atoms with van der Waals surface area (Å²) in [6, 6.07) is 6.41. The summed E-state index contributed by atoms with van der Waals surface area (Å²) in [5.74, 6) is 0.708. The summed E-state index contributed by atoms with van der Waals surface area (Å²) in [5.41, 5.74) is -0.443. The molecule has 1 saturated carbocycles. The van der Waals surface area contributed by atoms with Crippen LogP contribution in [0, 0.1) is 5.41 Å². The SMILES string of the molecule is CCC1(C)C(=O)CC1Oc1cccc(S(C)(=O)=O)c1. The van der Waals surface area contributed by atoms with E-state index in [1.165, 1.54) is 12.1 Å². The van der Waals surface area contributed by atoms with Gasteiger partial charge in [0.2, 0.25) is 0 Å². The van der Waals surface area contributed by atoms with Crippen LogP contribution in [0.4, 0.5) is 0 Å². The summed E-state index contributed by atoms with van der Waals surface area (Å²) >= 11 is 0. The fourth-order valence-corrected chi connectivity index (χ4v) is 2.87. The van der Waals surface area contributed by atoms with Crippen LogP contribution in [-0.4, -0.2) is 26.6 Å². The van der Waals surface area contributed by atoms with Crippen molar-refractivity contribution in [3.63, 3.8) is 0 Å². The van der Waals surface area contributed by atoms with Crippen molar-refractivity contribution < 1.29 is 17.9 Å². The molecule has 1 aromatic rings. The van der Waals surface area contributed by atoms with E-state index < -0.39 is 15.3 Å². The van der Waals surface area contributed by atoms with Crippen molar-refractivity contribution in [2.24, 2.45) is 5.41 Å². The standard InChI is InChI=1S/C14H18O4S/c1-4-14(2)12(15)9-13(14)18-10-6-5-7-11(8-10)19(3,16)17/h5-8,13H,4,9H2,1-3H3. The predicted molar refractivity (Wildman–Crippen MR) is 72.0 cm³/mol. The Balaban J connectivity index is 2.20. The maximum absolute atomic E-state index is 11.6. The lowest BCUT2D eigenvalue weighted by Crippen LogP contribution is -2.54. The van der Waals surface area contributed by atoms with Crippen LogP contribution in [0.2, 0.25) is 0 Å². The van der Waals surface area contributed by atoms with Gasteiger partial charge in [-0.1, -0.05) is 13.0 Å². The highest BCUT2D eigenvalue weighted by atomic mass is 32.2. The third kappa shape index (κ3) is 2.52. The minimum atomic E-state index is -3.24. The van der Waals surface area contributed by atoms with Crippen LogP contribution >= 0.6 is 0 Å². The molecule has 5 heteroatoms. The minimum Gasteiger partial charge on any atom is -0.489 e. The van der Waals surface area contributed by atoms with Crippen LogP contribution in [0.15, 0.2) is 29.2 Å². The molecule has 4 nitrogen and oxygen atoms in total. The molecule has 2 atom stereocenters. The van der Waals surface area contributed by atoms with Gasteiger partial charge in [0.15, 0.2) is 9.84 Å². The van der Waals surface area contributed by atoms with Gasteiger partial charge in [0.25, 0.3) is 0 Å². The number of ketones is 1. The van der Waals surface area contributed by atoms with Gasteiger partial charge in [-0.25, -0.2) is 8.42 Å². The molecule has 2 unspecified atom stereocenters. The molecule has 0 aromatic heterocycles. The van der Waals surface area contributed by atoms with Gasteiger partial charge < -0.3 is 4.74 Å². The topological polar surface area (TPSA) is 60.4 Å². The fraction of sp³-hybridized carbons (Fsp3) is 0.500. The summed E-state index contributed by atoms with van der Waals surface area (Å²) in [6.07, 6.45) is 2.12. The zero-order valence-electron chi connectivity index (χ0n) is 11.3. The van der Waals surface area contributed by atoms with E-state index in [1.54, 1.807) is 12.1 Å². The lowest BCUT2D eigenvalue weighted by molar-refractivity contribution is -0.150. The van der Waals surface area contributed by atoms with E-state index in [0.717, 1.165) is 12.7 Å². The van der Waals surface area contributed by atoms with Gasteiger partial charge in [-0.15, -0.1) is 0 Å². The first-order valence-corrected chi connectivity index (χ1v) is 8.16. The number of hydrogen-bond acceptors (Lipinski definition) is 4. The van der Waals surface area contributed by atoms with E-state index in [1.807, 2.05) is 13.8 Å². The van der Waals surface area contributed by atoms with Gasteiger partial charge >= 0.3 is 0 Å². The lowest BCUT2D eigenvalue weighted by atomic mass is 9.64. The Kier molecular flexibility index (Phi) is 3.43. The molecule has 1 fully saturated rings. The Labute approximate surface area is 113 Å². The molecule has 1 aliphatic rings. The zero-order chi connectivity index (χ0) is 14.3. The molecular formula is C14H18O4S. The first-order chi connectivity index (χ1) is 8.77. The van der Waals surface area contributed by atoms with E-state index in [-0.39, 0.29) is 16.8 Å². The Morgan fingerprint density at radius 3 is 2.63 bits per heavy atom. The van der Waals surface area contributed by atoms with Crippen LogP contribution in [0.1, 0.15) is 26.7 Å². The fourth-order valence-electron chi connectivity index (χ4n) is 2.21. The van der Waals surface area contributed by atoms with Crippen molar-refractivity contribution >= 4 is 15.6 Å². The van der Waals surface area contributed by atoms with Crippen molar-refractivity contribution in [1.29, 1.82) is 0 Å². The third-order valence-electron chi connectivity index (χ3n) is 3.96. The van der Waals surface area contributed by atoms with E-state index in [9.17, 15) is 13.2 Å². The summed E-state index contributed by atoms with van der Waals surface area (Å²) in [4.78, 5) is 11.9. The highest BCUT2D eigenvalue weighted by Crippen LogP contribution is 2.42. The van der Waals surface area contributed by atoms with Crippen molar-refractivity contribution in [1.82, 2.24) is 0 Å². The quantitative estimate of drug-likeness (QED) is 0.849. The molecule has 0 amide bonds. The van der Waals surface area contributed by atoms with Gasteiger partial charge in [0.05, 0.1) is 10.3 Å². The molecular weight excluding hydrogens is 264 g/mol. The van der Waals surface area contributed by atoms with Gasteiger partial charge in [0, 0.05) is 12.7 Å². The van der Waals surface area contributed by atoms with E-state index in [0.29, 0.717) is 12.2 Å². The molecule has 0 radical (unpaired) electrons. The summed E-state index contributed by atoms with van der Waals surface area (Å²) in [6.45, 7) is 3.85. The first kappa shape index (κ1) is 14.1. The van der Waals surface area contributed by atoms with Crippen molar-refractivity contribution in [2.75, 3.05) is 6.26 Å². The number of sulfone groups is 1. The average Bonchev–Trinajstić information content (AvgIpc) is 2.36. The largest absolute Gasteiger partial charge is 0.489 e. The monoisotopic (exact) mass is 282 g/mol. The number of carbonyl (C=O) groups excluding carboxylic acids is 1.